The molecule has 3 heterocycles. The van der Waals surface area contributed by atoms with Gasteiger partial charge in [0.15, 0.2) is 5.13 Å². The SMILES string of the molecule is O=C(c1ccc2ncsc2c1)N(Cc1cccnc1)c1nc2ccc(Cl)cc2s1. The minimum absolute atomic E-state index is 0.116. The summed E-state index contributed by atoms with van der Waals surface area (Å²) >= 11 is 9.09. The standard InChI is InChI=1S/C21H13ClN4OS2/c22-15-4-6-17-19(9-15)29-21(25-17)26(11-13-2-1-7-23-10-13)20(27)14-3-5-16-18(8-14)28-12-24-16/h1-10,12H,11H2. The highest BCUT2D eigenvalue weighted by Gasteiger charge is 2.22. The van der Waals surface area contributed by atoms with Crippen molar-refractivity contribution >= 4 is 65.7 Å². The van der Waals surface area contributed by atoms with E-state index < -0.39 is 0 Å². The Morgan fingerprint density at radius 3 is 2.83 bits per heavy atom. The summed E-state index contributed by atoms with van der Waals surface area (Å²) in [4.78, 5) is 28.3. The largest absolute Gasteiger partial charge is 0.279 e. The zero-order chi connectivity index (χ0) is 19.8. The van der Waals surface area contributed by atoms with Crippen LogP contribution in [0.5, 0.6) is 0 Å². The minimum Gasteiger partial charge on any atom is -0.279 e. The van der Waals surface area contributed by atoms with Crippen molar-refractivity contribution in [1.82, 2.24) is 15.0 Å². The third-order valence-corrected chi connectivity index (χ3v) is 6.52. The van der Waals surface area contributed by atoms with Gasteiger partial charge in [0.25, 0.3) is 5.91 Å². The van der Waals surface area contributed by atoms with Gasteiger partial charge in [-0.2, -0.15) is 0 Å². The molecule has 0 unspecified atom stereocenters. The smallest absolute Gasteiger partial charge is 0.260 e. The lowest BCUT2D eigenvalue weighted by molar-refractivity contribution is 0.0985. The van der Waals surface area contributed by atoms with Crippen molar-refractivity contribution in [1.29, 1.82) is 0 Å². The number of hydrogen-bond acceptors (Lipinski definition) is 6. The van der Waals surface area contributed by atoms with Crippen LogP contribution in [0.3, 0.4) is 0 Å². The van der Waals surface area contributed by atoms with Gasteiger partial charge >= 0.3 is 0 Å². The molecule has 142 valence electrons. The van der Waals surface area contributed by atoms with E-state index in [1.807, 2.05) is 42.5 Å². The summed E-state index contributed by atoms with van der Waals surface area (Å²) in [5.74, 6) is -0.116. The predicted octanol–water partition coefficient (Wildman–Crippen LogP) is 5.80. The van der Waals surface area contributed by atoms with E-state index in [4.69, 9.17) is 11.6 Å². The Balaban J connectivity index is 1.59. The highest BCUT2D eigenvalue weighted by molar-refractivity contribution is 7.22. The van der Waals surface area contributed by atoms with Gasteiger partial charge in [-0.25, -0.2) is 9.97 Å². The lowest BCUT2D eigenvalue weighted by atomic mass is 10.1. The normalized spacial score (nSPS) is 11.2. The number of thiazole rings is 2. The van der Waals surface area contributed by atoms with Crippen molar-refractivity contribution in [3.05, 3.63) is 82.6 Å². The van der Waals surface area contributed by atoms with Crippen molar-refractivity contribution in [3.8, 4) is 0 Å². The molecule has 2 aromatic carbocycles. The highest BCUT2D eigenvalue weighted by atomic mass is 35.5. The zero-order valence-corrected chi connectivity index (χ0v) is 17.3. The fourth-order valence-electron chi connectivity index (χ4n) is 3.05. The molecule has 0 aliphatic heterocycles. The second-order valence-corrected chi connectivity index (χ2v) is 8.73. The van der Waals surface area contributed by atoms with Crippen LogP contribution in [0.2, 0.25) is 5.02 Å². The monoisotopic (exact) mass is 436 g/mol. The molecule has 0 fully saturated rings. The van der Waals surface area contributed by atoms with Gasteiger partial charge < -0.3 is 0 Å². The molecule has 8 heteroatoms. The molecule has 5 rings (SSSR count). The van der Waals surface area contributed by atoms with Gasteiger partial charge in [-0.3, -0.25) is 14.7 Å². The van der Waals surface area contributed by atoms with E-state index in [1.165, 1.54) is 22.7 Å². The number of anilines is 1. The molecule has 3 aromatic heterocycles. The van der Waals surface area contributed by atoms with Crippen molar-refractivity contribution in [2.24, 2.45) is 0 Å². The van der Waals surface area contributed by atoms with Gasteiger partial charge in [0.1, 0.15) is 0 Å². The van der Waals surface area contributed by atoms with Gasteiger partial charge in [0, 0.05) is 23.0 Å². The minimum atomic E-state index is -0.116. The maximum absolute atomic E-state index is 13.5. The van der Waals surface area contributed by atoms with E-state index in [1.54, 1.807) is 28.9 Å². The number of fused-ring (bicyclic) bond motifs is 2. The zero-order valence-electron chi connectivity index (χ0n) is 14.9. The number of aromatic nitrogens is 3. The number of benzene rings is 2. The molecular weight excluding hydrogens is 424 g/mol. The lowest BCUT2D eigenvalue weighted by Gasteiger charge is -2.20. The number of nitrogens with zero attached hydrogens (tertiary/aromatic N) is 4. The predicted molar refractivity (Wildman–Crippen MR) is 119 cm³/mol. The molecule has 5 aromatic rings. The van der Waals surface area contributed by atoms with E-state index >= 15 is 0 Å². The molecule has 0 aliphatic carbocycles. The number of halogens is 1. The maximum atomic E-state index is 13.5. The third-order valence-electron chi connectivity index (χ3n) is 4.46. The fourth-order valence-corrected chi connectivity index (χ4v) is 5.00. The lowest BCUT2D eigenvalue weighted by Crippen LogP contribution is -2.30. The second-order valence-electron chi connectivity index (χ2n) is 6.40. The highest BCUT2D eigenvalue weighted by Crippen LogP contribution is 2.32. The maximum Gasteiger partial charge on any atom is 0.260 e. The summed E-state index contributed by atoms with van der Waals surface area (Å²) in [5, 5.41) is 1.27. The van der Waals surface area contributed by atoms with Gasteiger partial charge in [0.05, 0.1) is 32.5 Å². The Bertz CT molecular complexity index is 1330. The molecule has 0 N–H and O–H groups in total. The van der Waals surface area contributed by atoms with Crippen molar-refractivity contribution in [3.63, 3.8) is 0 Å². The Kier molecular flexibility index (Phi) is 4.71. The van der Waals surface area contributed by atoms with Crippen LogP contribution in [0.4, 0.5) is 5.13 Å². The van der Waals surface area contributed by atoms with E-state index in [2.05, 4.69) is 15.0 Å². The molecular formula is C21H13ClN4OS2. The van der Waals surface area contributed by atoms with Crippen molar-refractivity contribution < 1.29 is 4.79 Å². The van der Waals surface area contributed by atoms with Crippen LogP contribution in [-0.4, -0.2) is 20.9 Å². The van der Waals surface area contributed by atoms with Crippen molar-refractivity contribution in [2.75, 3.05) is 4.90 Å². The average molecular weight is 437 g/mol. The summed E-state index contributed by atoms with van der Waals surface area (Å²) in [6.07, 6.45) is 3.48. The topological polar surface area (TPSA) is 59.0 Å². The van der Waals surface area contributed by atoms with Gasteiger partial charge in [-0.05, 0) is 48.0 Å². The first-order valence-corrected chi connectivity index (χ1v) is 10.8. The molecule has 29 heavy (non-hydrogen) atoms. The molecule has 5 nitrogen and oxygen atoms in total. The van der Waals surface area contributed by atoms with Crippen molar-refractivity contribution in [2.45, 2.75) is 6.54 Å². The number of amides is 1. The summed E-state index contributed by atoms with van der Waals surface area (Å²) in [6, 6.07) is 14.9. The van der Waals surface area contributed by atoms with E-state index in [0.717, 1.165) is 26.0 Å². The molecule has 0 atom stereocenters. The molecule has 0 saturated carbocycles. The summed E-state index contributed by atoms with van der Waals surface area (Å²) in [7, 11) is 0. The van der Waals surface area contributed by atoms with E-state index in [9.17, 15) is 4.79 Å². The Morgan fingerprint density at radius 2 is 1.97 bits per heavy atom. The fraction of sp³-hybridized carbons (Fsp3) is 0.0476. The Morgan fingerprint density at radius 1 is 1.07 bits per heavy atom. The number of hydrogen-bond donors (Lipinski definition) is 0. The quantitative estimate of drug-likeness (QED) is 0.357. The first-order chi connectivity index (χ1) is 14.2. The van der Waals surface area contributed by atoms with Crippen LogP contribution in [0, 0.1) is 0 Å². The van der Waals surface area contributed by atoms with Gasteiger partial charge in [0.2, 0.25) is 0 Å². The van der Waals surface area contributed by atoms with Crippen LogP contribution in [0.1, 0.15) is 15.9 Å². The number of carbonyl (C=O) groups excluding carboxylic acids is 1. The third kappa shape index (κ3) is 3.60. The number of carbonyl (C=O) groups is 1. The summed E-state index contributed by atoms with van der Waals surface area (Å²) in [5.41, 5.74) is 5.01. The van der Waals surface area contributed by atoms with E-state index in [0.29, 0.717) is 22.3 Å². The summed E-state index contributed by atoms with van der Waals surface area (Å²) in [6.45, 7) is 0.376. The van der Waals surface area contributed by atoms with Crippen LogP contribution in [-0.2, 0) is 6.54 Å². The van der Waals surface area contributed by atoms with Crippen LogP contribution in [0.25, 0.3) is 20.4 Å². The van der Waals surface area contributed by atoms with Crippen LogP contribution < -0.4 is 4.90 Å². The van der Waals surface area contributed by atoms with Gasteiger partial charge in [-0.15, -0.1) is 11.3 Å². The average Bonchev–Trinajstić information content (AvgIpc) is 3.38. The molecule has 0 bridgehead atoms. The molecule has 0 aliphatic rings. The van der Waals surface area contributed by atoms with Gasteiger partial charge in [-0.1, -0.05) is 29.0 Å². The number of rotatable bonds is 4. The summed E-state index contributed by atoms with van der Waals surface area (Å²) < 4.78 is 1.92. The second kappa shape index (κ2) is 7.51. The Hall–Kier alpha value is -2.87. The Labute approximate surface area is 179 Å². The molecule has 0 saturated heterocycles. The first-order valence-electron chi connectivity index (χ1n) is 8.77. The van der Waals surface area contributed by atoms with E-state index in [-0.39, 0.29) is 5.91 Å². The molecule has 0 spiro atoms. The van der Waals surface area contributed by atoms with Crippen LogP contribution in [0.15, 0.2) is 66.4 Å². The first kappa shape index (κ1) is 18.2. The molecule has 1 amide bonds. The number of pyridine rings is 1. The van der Waals surface area contributed by atoms with Crippen LogP contribution >= 0.6 is 34.3 Å². The molecule has 0 radical (unpaired) electrons.